The van der Waals surface area contributed by atoms with Gasteiger partial charge in [-0.15, -0.1) is 0 Å². The van der Waals surface area contributed by atoms with E-state index in [1.165, 1.54) is 11.1 Å². The first-order valence-corrected chi connectivity index (χ1v) is 13.8. The maximum absolute atomic E-state index is 2.53. The molecule has 0 unspecified atom stereocenters. The van der Waals surface area contributed by atoms with Gasteiger partial charge in [-0.1, -0.05) is 0 Å². The zero-order valence-corrected chi connectivity index (χ0v) is 13.8. The molecule has 0 N–H and O–H groups in total. The van der Waals surface area contributed by atoms with E-state index >= 15 is 0 Å². The normalized spacial score (nSPS) is 23.5. The molecule has 0 saturated heterocycles. The Balaban J connectivity index is 2.03. The van der Waals surface area contributed by atoms with Gasteiger partial charge in [0.05, 0.1) is 0 Å². The van der Waals surface area contributed by atoms with Crippen LogP contribution in [0.4, 0.5) is 0 Å². The van der Waals surface area contributed by atoms with Crippen molar-refractivity contribution < 1.29 is 0 Å². The van der Waals surface area contributed by atoms with Crippen molar-refractivity contribution in [2.45, 2.75) is 0 Å². The van der Waals surface area contributed by atoms with Crippen molar-refractivity contribution in [1.82, 2.24) is 0 Å². The summed E-state index contributed by atoms with van der Waals surface area (Å²) in [4.78, 5) is 0. The first-order valence-electron chi connectivity index (χ1n) is 5.82. The molecule has 2 heteroatoms. The van der Waals surface area contributed by atoms with E-state index in [1.54, 1.807) is 8.25 Å². The van der Waals surface area contributed by atoms with Gasteiger partial charge in [-0.3, -0.25) is 0 Å². The van der Waals surface area contributed by atoms with Gasteiger partial charge in [0.15, 0.2) is 0 Å². The molecule has 0 spiro atoms. The fourth-order valence-corrected chi connectivity index (χ4v) is 17.2. The second-order valence-corrected chi connectivity index (χ2v) is 14.7. The van der Waals surface area contributed by atoms with Crippen LogP contribution in [0.15, 0.2) is 74.4 Å². The third-order valence-corrected chi connectivity index (χ3v) is 15.9. The number of allylic oxidation sites excluding steroid dienone is 10. The van der Waals surface area contributed by atoms with Crippen molar-refractivity contribution in [3.63, 3.8) is 0 Å². The molecule has 0 aromatic heterocycles. The Morgan fingerprint density at radius 2 is 1.12 bits per heavy atom. The summed E-state index contributed by atoms with van der Waals surface area (Å²) < 4.78 is 13.6. The van der Waals surface area contributed by atoms with Crippen LogP contribution in [-0.4, -0.2) is 32.4 Å². The van der Waals surface area contributed by atoms with Crippen molar-refractivity contribution in [2.75, 3.05) is 0 Å². The van der Waals surface area contributed by atoms with E-state index in [4.69, 9.17) is 0 Å². The Morgan fingerprint density at radius 1 is 0.625 bits per heavy atom. The Morgan fingerprint density at radius 3 is 1.62 bits per heavy atom. The molecule has 0 saturated carbocycles. The van der Waals surface area contributed by atoms with Gasteiger partial charge in [0.2, 0.25) is 0 Å². The van der Waals surface area contributed by atoms with Crippen LogP contribution in [0.1, 0.15) is 0 Å². The molecule has 4 aliphatic heterocycles. The third kappa shape index (κ3) is 1.21. The van der Waals surface area contributed by atoms with Gasteiger partial charge in [0.25, 0.3) is 0 Å². The van der Waals surface area contributed by atoms with E-state index in [0.717, 1.165) is 0 Å². The van der Waals surface area contributed by atoms with Crippen LogP contribution in [0, 0.1) is 0 Å². The van der Waals surface area contributed by atoms with Crippen molar-refractivity contribution in [2.24, 2.45) is 0 Å². The van der Waals surface area contributed by atoms with Crippen molar-refractivity contribution in [3.05, 3.63) is 74.4 Å². The molecule has 4 aliphatic rings. The fourth-order valence-electron chi connectivity index (χ4n) is 3.01. The summed E-state index contributed by atoms with van der Waals surface area (Å²) in [5.41, 5.74) is 3.05. The molecule has 4 heterocycles. The van der Waals surface area contributed by atoms with Gasteiger partial charge >= 0.3 is 107 Å². The van der Waals surface area contributed by atoms with Gasteiger partial charge in [-0.2, -0.15) is 0 Å². The first-order chi connectivity index (χ1) is 7.93. The van der Waals surface area contributed by atoms with E-state index < -0.39 is 32.4 Å². The van der Waals surface area contributed by atoms with E-state index in [-0.39, 0.29) is 0 Å². The monoisotopic (exact) mass is 316 g/mol. The predicted octanol–water partition coefficient (Wildman–Crippen LogP) is 2.64. The second kappa shape index (κ2) is 3.47. The molecule has 0 aliphatic carbocycles. The summed E-state index contributed by atoms with van der Waals surface area (Å²) in [5.74, 6) is 0. The maximum atomic E-state index is 2.53. The summed E-state index contributed by atoms with van der Waals surface area (Å²) in [6, 6.07) is 0. The van der Waals surface area contributed by atoms with Crippen LogP contribution in [0.2, 0.25) is 0 Å². The molecule has 0 nitrogen and oxygen atoms in total. The molecular formula is C14H10Ga2. The van der Waals surface area contributed by atoms with Crippen LogP contribution < -0.4 is 0 Å². The molecule has 0 aromatic rings. The van der Waals surface area contributed by atoms with E-state index in [2.05, 4.69) is 55.0 Å². The number of hydrogen-bond acceptors (Lipinski definition) is 0. The van der Waals surface area contributed by atoms with Crippen LogP contribution in [0.25, 0.3) is 0 Å². The minimum atomic E-state index is -1.41. The molecule has 4 rings (SSSR count). The third-order valence-electron chi connectivity index (χ3n) is 3.73. The Bertz CT molecular complexity index is 528. The van der Waals surface area contributed by atoms with Crippen LogP contribution in [0.5, 0.6) is 0 Å². The predicted molar refractivity (Wildman–Crippen MR) is 71.3 cm³/mol. The van der Waals surface area contributed by atoms with Crippen molar-refractivity contribution in [1.29, 1.82) is 0 Å². The Kier molecular flexibility index (Phi) is 2.06. The molecule has 72 valence electrons. The molecule has 16 heavy (non-hydrogen) atoms. The van der Waals surface area contributed by atoms with E-state index in [9.17, 15) is 0 Å². The average Bonchev–Trinajstić information content (AvgIpc) is 2.36. The van der Waals surface area contributed by atoms with Crippen LogP contribution >= 0.6 is 0 Å². The molecule has 0 fully saturated rings. The summed E-state index contributed by atoms with van der Waals surface area (Å²) in [5, 5.41) is 0. The minimum absolute atomic E-state index is 1.41. The number of rotatable bonds is 0. The molecule has 0 bridgehead atoms. The zero-order chi connectivity index (χ0) is 10.5. The van der Waals surface area contributed by atoms with Crippen molar-refractivity contribution in [3.8, 4) is 0 Å². The summed E-state index contributed by atoms with van der Waals surface area (Å²) in [7, 11) is 0. The Hall–Kier alpha value is -0.547. The standard InChI is InChI=1S/C14H10.2Ga/c1-5-9-13(7-3)11-12-14(8-4)10-6-2;;/h1-10H;;. The van der Waals surface area contributed by atoms with Gasteiger partial charge in [0.1, 0.15) is 0 Å². The van der Waals surface area contributed by atoms with Gasteiger partial charge in [0, 0.05) is 0 Å². The van der Waals surface area contributed by atoms with Gasteiger partial charge in [-0.05, 0) is 0 Å². The molecule has 0 radical (unpaired) electrons. The van der Waals surface area contributed by atoms with Gasteiger partial charge < -0.3 is 0 Å². The van der Waals surface area contributed by atoms with E-state index in [1.807, 2.05) is 0 Å². The fraction of sp³-hybridized carbons (Fsp3) is 0. The quantitative estimate of drug-likeness (QED) is 0.603. The SMILES string of the molecule is C1=[CH][Ga]2[CH]=CC3=CC=[CH][Ga]4[CH]=CC(=C1)[C]2=[C]34. The Labute approximate surface area is 106 Å². The van der Waals surface area contributed by atoms with Crippen molar-refractivity contribution >= 4 is 32.4 Å². The second-order valence-electron chi connectivity index (χ2n) is 4.61. The topological polar surface area (TPSA) is 0 Å². The van der Waals surface area contributed by atoms with E-state index in [0.29, 0.717) is 0 Å². The molecular weight excluding hydrogens is 308 g/mol. The summed E-state index contributed by atoms with van der Waals surface area (Å²) in [6.45, 7) is 0. The zero-order valence-electron chi connectivity index (χ0n) is 8.93. The average molecular weight is 318 g/mol. The summed E-state index contributed by atoms with van der Waals surface area (Å²) >= 11 is -2.81. The molecule has 0 aromatic carbocycles. The molecule has 0 amide bonds. The molecule has 0 atom stereocenters. The van der Waals surface area contributed by atoms with Crippen LogP contribution in [-0.2, 0) is 0 Å². The van der Waals surface area contributed by atoms with Gasteiger partial charge in [-0.25, -0.2) is 0 Å². The summed E-state index contributed by atoms with van der Waals surface area (Å²) in [6.07, 6.45) is 14.0. The first kappa shape index (κ1) is 9.48. The number of hydrogen-bond donors (Lipinski definition) is 0. The van der Waals surface area contributed by atoms with Crippen LogP contribution in [0.3, 0.4) is 0 Å².